The van der Waals surface area contributed by atoms with E-state index in [1.807, 2.05) is 0 Å². The van der Waals surface area contributed by atoms with Crippen LogP contribution in [0.15, 0.2) is 6.07 Å². The molecule has 106 valence electrons. The van der Waals surface area contributed by atoms with E-state index in [0.29, 0.717) is 0 Å². The van der Waals surface area contributed by atoms with Crippen LogP contribution >= 0.6 is 0 Å². The first kappa shape index (κ1) is 15.0. The van der Waals surface area contributed by atoms with Crippen LogP contribution in [0.1, 0.15) is 23.0 Å². The van der Waals surface area contributed by atoms with Crippen molar-refractivity contribution in [2.45, 2.75) is 19.8 Å². The second kappa shape index (κ2) is 5.74. The molecule has 0 amide bonds. The SMILES string of the molecule is CCOC(=O)c1cc(CN)nc(OC(F)(F)F)c1N. The highest BCUT2D eigenvalue weighted by atomic mass is 19.4. The Bertz CT molecular complexity index is 477. The first-order valence-corrected chi connectivity index (χ1v) is 5.20. The third kappa shape index (κ3) is 3.98. The lowest BCUT2D eigenvalue weighted by Gasteiger charge is -2.13. The van der Waals surface area contributed by atoms with Crippen molar-refractivity contribution in [3.63, 3.8) is 0 Å². The molecule has 1 rings (SSSR count). The molecule has 1 aromatic rings. The zero-order valence-electron chi connectivity index (χ0n) is 9.95. The minimum Gasteiger partial charge on any atom is -0.462 e. The summed E-state index contributed by atoms with van der Waals surface area (Å²) in [4.78, 5) is 15.0. The van der Waals surface area contributed by atoms with Crippen LogP contribution < -0.4 is 16.2 Å². The predicted molar refractivity (Wildman–Crippen MR) is 59.2 cm³/mol. The molecular weight excluding hydrogens is 267 g/mol. The van der Waals surface area contributed by atoms with E-state index < -0.39 is 23.9 Å². The van der Waals surface area contributed by atoms with E-state index in [4.69, 9.17) is 11.5 Å². The summed E-state index contributed by atoms with van der Waals surface area (Å²) in [5, 5.41) is 0. The highest BCUT2D eigenvalue weighted by molar-refractivity contribution is 5.96. The summed E-state index contributed by atoms with van der Waals surface area (Å²) < 4.78 is 44.8. The fraction of sp³-hybridized carbons (Fsp3) is 0.400. The summed E-state index contributed by atoms with van der Waals surface area (Å²) in [5.74, 6) is -1.79. The fourth-order valence-electron chi connectivity index (χ4n) is 1.25. The molecule has 0 atom stereocenters. The van der Waals surface area contributed by atoms with Crippen LogP contribution in [0.4, 0.5) is 18.9 Å². The Morgan fingerprint density at radius 3 is 2.58 bits per heavy atom. The molecule has 0 bridgehead atoms. The number of aromatic nitrogens is 1. The van der Waals surface area contributed by atoms with Crippen molar-refractivity contribution in [3.8, 4) is 5.88 Å². The molecule has 0 saturated heterocycles. The molecule has 19 heavy (non-hydrogen) atoms. The quantitative estimate of drug-likeness (QED) is 0.803. The molecule has 0 radical (unpaired) electrons. The summed E-state index contributed by atoms with van der Waals surface area (Å²) in [6, 6.07) is 1.16. The number of alkyl halides is 3. The number of pyridine rings is 1. The molecule has 4 N–H and O–H groups in total. The number of nitrogen functional groups attached to an aromatic ring is 1. The molecule has 0 unspecified atom stereocenters. The van der Waals surface area contributed by atoms with Gasteiger partial charge >= 0.3 is 12.3 Å². The molecule has 0 aliphatic rings. The van der Waals surface area contributed by atoms with Crippen LogP contribution in [-0.4, -0.2) is 23.9 Å². The average Bonchev–Trinajstić information content (AvgIpc) is 2.30. The van der Waals surface area contributed by atoms with Gasteiger partial charge in [-0.2, -0.15) is 0 Å². The van der Waals surface area contributed by atoms with E-state index in [-0.39, 0.29) is 24.4 Å². The predicted octanol–water partition coefficient (Wildman–Crippen LogP) is 1.20. The minimum atomic E-state index is -4.97. The highest BCUT2D eigenvalue weighted by Gasteiger charge is 2.34. The maximum atomic E-state index is 12.2. The second-order valence-corrected chi connectivity index (χ2v) is 3.35. The van der Waals surface area contributed by atoms with Gasteiger partial charge in [-0.15, -0.1) is 13.2 Å². The van der Waals surface area contributed by atoms with Crippen molar-refractivity contribution in [3.05, 3.63) is 17.3 Å². The van der Waals surface area contributed by atoms with E-state index in [1.54, 1.807) is 6.92 Å². The second-order valence-electron chi connectivity index (χ2n) is 3.35. The maximum Gasteiger partial charge on any atom is 0.574 e. The number of halogens is 3. The van der Waals surface area contributed by atoms with Crippen molar-refractivity contribution in [1.82, 2.24) is 4.98 Å². The standard InChI is InChI=1S/C10H12F3N3O3/c1-2-18-9(17)6-3-5(4-14)16-8(7(6)15)19-10(11,12)13/h3H,2,4,14-15H2,1H3. The van der Waals surface area contributed by atoms with E-state index in [0.717, 1.165) is 6.07 Å². The summed E-state index contributed by atoms with van der Waals surface area (Å²) in [6.45, 7) is 1.42. The normalized spacial score (nSPS) is 11.2. The van der Waals surface area contributed by atoms with E-state index in [2.05, 4.69) is 14.5 Å². The van der Waals surface area contributed by atoms with Gasteiger partial charge in [-0.1, -0.05) is 0 Å². The van der Waals surface area contributed by atoms with Gasteiger partial charge in [0.05, 0.1) is 17.9 Å². The van der Waals surface area contributed by atoms with Gasteiger partial charge in [0.15, 0.2) is 0 Å². The largest absolute Gasteiger partial charge is 0.574 e. The number of carbonyl (C=O) groups is 1. The molecule has 0 spiro atoms. The third-order valence-electron chi connectivity index (χ3n) is 1.99. The number of ether oxygens (including phenoxy) is 2. The number of rotatable bonds is 4. The third-order valence-corrected chi connectivity index (χ3v) is 1.99. The Hall–Kier alpha value is -2.03. The van der Waals surface area contributed by atoms with Crippen molar-refractivity contribution in [2.75, 3.05) is 12.3 Å². The van der Waals surface area contributed by atoms with E-state index in [9.17, 15) is 18.0 Å². The number of carbonyl (C=O) groups excluding carboxylic acids is 1. The van der Waals surface area contributed by atoms with Gasteiger partial charge < -0.3 is 20.9 Å². The van der Waals surface area contributed by atoms with Gasteiger partial charge in [-0.05, 0) is 13.0 Å². The van der Waals surface area contributed by atoms with Gasteiger partial charge in [-0.3, -0.25) is 0 Å². The number of anilines is 1. The first-order valence-electron chi connectivity index (χ1n) is 5.20. The van der Waals surface area contributed by atoms with Crippen LogP contribution in [0.3, 0.4) is 0 Å². The average molecular weight is 279 g/mol. The van der Waals surface area contributed by atoms with Gasteiger partial charge in [-0.25, -0.2) is 9.78 Å². The molecule has 1 heterocycles. The summed E-state index contributed by atoms with van der Waals surface area (Å²) in [5.41, 5.74) is 9.91. The molecule has 0 aromatic carbocycles. The first-order chi connectivity index (χ1) is 8.78. The topological polar surface area (TPSA) is 100 Å². The van der Waals surface area contributed by atoms with Crippen molar-refractivity contribution in [2.24, 2.45) is 5.73 Å². The number of nitrogens with zero attached hydrogens (tertiary/aromatic N) is 1. The number of esters is 1. The Morgan fingerprint density at radius 1 is 1.47 bits per heavy atom. The molecule has 1 aromatic heterocycles. The van der Waals surface area contributed by atoms with Crippen molar-refractivity contribution < 1.29 is 27.4 Å². The fourth-order valence-corrected chi connectivity index (χ4v) is 1.25. The van der Waals surface area contributed by atoms with Crippen LogP contribution in [0.2, 0.25) is 0 Å². The Labute approximate surface area is 106 Å². The lowest BCUT2D eigenvalue weighted by molar-refractivity contribution is -0.275. The van der Waals surface area contributed by atoms with E-state index in [1.165, 1.54) is 0 Å². The van der Waals surface area contributed by atoms with Gasteiger partial charge in [0, 0.05) is 6.54 Å². The zero-order chi connectivity index (χ0) is 14.6. The monoisotopic (exact) mass is 279 g/mol. The number of hydrogen-bond donors (Lipinski definition) is 2. The van der Waals surface area contributed by atoms with Crippen LogP contribution in [0, 0.1) is 0 Å². The van der Waals surface area contributed by atoms with Crippen molar-refractivity contribution >= 4 is 11.7 Å². The van der Waals surface area contributed by atoms with Gasteiger partial charge in [0.1, 0.15) is 5.69 Å². The van der Waals surface area contributed by atoms with Crippen molar-refractivity contribution in [1.29, 1.82) is 0 Å². The number of hydrogen-bond acceptors (Lipinski definition) is 6. The maximum absolute atomic E-state index is 12.2. The number of nitrogens with two attached hydrogens (primary N) is 2. The highest BCUT2D eigenvalue weighted by Crippen LogP contribution is 2.29. The molecule has 0 aliphatic heterocycles. The molecular formula is C10H12F3N3O3. The summed E-state index contributed by atoms with van der Waals surface area (Å²) in [7, 11) is 0. The summed E-state index contributed by atoms with van der Waals surface area (Å²) >= 11 is 0. The van der Waals surface area contributed by atoms with Gasteiger partial charge in [0.25, 0.3) is 0 Å². The van der Waals surface area contributed by atoms with Crippen LogP contribution in [-0.2, 0) is 11.3 Å². The minimum absolute atomic E-state index is 0.0245. The Morgan fingerprint density at radius 2 is 2.11 bits per heavy atom. The molecule has 6 nitrogen and oxygen atoms in total. The summed E-state index contributed by atoms with van der Waals surface area (Å²) in [6.07, 6.45) is -4.97. The molecule has 0 fully saturated rings. The lowest BCUT2D eigenvalue weighted by Crippen LogP contribution is -2.21. The Kier molecular flexibility index (Phi) is 4.54. The molecule has 0 aliphatic carbocycles. The smallest absolute Gasteiger partial charge is 0.462 e. The molecule has 9 heteroatoms. The lowest BCUT2D eigenvalue weighted by atomic mass is 10.2. The van der Waals surface area contributed by atoms with E-state index >= 15 is 0 Å². The Balaban J connectivity index is 3.24. The zero-order valence-corrected chi connectivity index (χ0v) is 9.95. The van der Waals surface area contributed by atoms with Crippen LogP contribution in [0.5, 0.6) is 5.88 Å². The molecule has 0 saturated carbocycles. The van der Waals surface area contributed by atoms with Gasteiger partial charge in [0.2, 0.25) is 5.88 Å². The van der Waals surface area contributed by atoms with Crippen LogP contribution in [0.25, 0.3) is 0 Å².